The summed E-state index contributed by atoms with van der Waals surface area (Å²) in [5.74, 6) is 0.962. The van der Waals surface area contributed by atoms with E-state index >= 15 is 0 Å². The number of rotatable bonds is 5. The Balaban J connectivity index is 1.37. The lowest BCUT2D eigenvalue weighted by Gasteiger charge is -2.37. The van der Waals surface area contributed by atoms with Crippen molar-refractivity contribution in [3.63, 3.8) is 0 Å². The molecule has 0 bridgehead atoms. The number of nitrogens with zero attached hydrogens (tertiary/aromatic N) is 2. The summed E-state index contributed by atoms with van der Waals surface area (Å²) in [5, 5.41) is 3.90. The van der Waals surface area contributed by atoms with Crippen LogP contribution < -0.4 is 5.32 Å². The van der Waals surface area contributed by atoms with Gasteiger partial charge in [-0.2, -0.15) is 0 Å². The number of likely N-dealkylation sites (N-methyl/N-ethyl adjacent to an activating group) is 1. The average molecular weight is 344 g/mol. The maximum Gasteiger partial charge on any atom is 0.236 e. The van der Waals surface area contributed by atoms with Crippen LogP contribution >= 0.6 is 0 Å². The SMILES string of the molecule is CN(C)C(=O)CN1CCC(NC2CCC(c3ccccc3)CC2)CC1. The predicted octanol–water partition coefficient (Wildman–Crippen LogP) is 2.86. The summed E-state index contributed by atoms with van der Waals surface area (Å²) in [7, 11) is 3.67. The van der Waals surface area contributed by atoms with Crippen LogP contribution in [-0.4, -0.2) is 61.5 Å². The summed E-state index contributed by atoms with van der Waals surface area (Å²) in [4.78, 5) is 15.8. The Morgan fingerprint density at radius 2 is 1.60 bits per heavy atom. The third kappa shape index (κ3) is 5.29. The third-order valence-corrected chi connectivity index (χ3v) is 5.91. The van der Waals surface area contributed by atoms with E-state index in [0.717, 1.165) is 19.0 Å². The second-order valence-electron chi connectivity index (χ2n) is 7.96. The molecule has 1 saturated carbocycles. The molecule has 1 aromatic rings. The van der Waals surface area contributed by atoms with Crippen LogP contribution in [0.2, 0.25) is 0 Å². The Bertz CT molecular complexity index is 529. The highest BCUT2D eigenvalue weighted by atomic mass is 16.2. The minimum atomic E-state index is 0.214. The Kier molecular flexibility index (Phi) is 6.49. The van der Waals surface area contributed by atoms with Gasteiger partial charge < -0.3 is 10.2 Å². The predicted molar refractivity (Wildman–Crippen MR) is 103 cm³/mol. The van der Waals surface area contributed by atoms with E-state index < -0.39 is 0 Å². The second kappa shape index (κ2) is 8.81. The molecule has 1 N–H and O–H groups in total. The van der Waals surface area contributed by atoms with E-state index in [-0.39, 0.29) is 5.91 Å². The summed E-state index contributed by atoms with van der Waals surface area (Å²) in [6.07, 6.45) is 7.52. The highest BCUT2D eigenvalue weighted by Crippen LogP contribution is 2.33. The fraction of sp³-hybridized carbons (Fsp3) is 0.667. The van der Waals surface area contributed by atoms with Crippen molar-refractivity contribution in [2.24, 2.45) is 0 Å². The molecular weight excluding hydrogens is 310 g/mol. The van der Waals surface area contributed by atoms with Crippen LogP contribution in [0, 0.1) is 0 Å². The molecule has 138 valence electrons. The Morgan fingerprint density at radius 1 is 1.00 bits per heavy atom. The van der Waals surface area contributed by atoms with Gasteiger partial charge >= 0.3 is 0 Å². The molecule has 1 aliphatic carbocycles. The molecule has 0 spiro atoms. The second-order valence-corrected chi connectivity index (χ2v) is 7.96. The molecule has 3 rings (SSSR count). The standard InChI is InChI=1S/C21H33N3O/c1-23(2)21(25)16-24-14-12-20(13-15-24)22-19-10-8-18(9-11-19)17-6-4-3-5-7-17/h3-7,18-20,22H,8-16H2,1-2H3. The van der Waals surface area contributed by atoms with Crippen molar-refractivity contribution in [1.29, 1.82) is 0 Å². The minimum Gasteiger partial charge on any atom is -0.348 e. The first kappa shape index (κ1) is 18.4. The number of benzene rings is 1. The van der Waals surface area contributed by atoms with Crippen LogP contribution in [0.3, 0.4) is 0 Å². The normalized spacial score (nSPS) is 25.7. The van der Waals surface area contributed by atoms with E-state index in [1.165, 1.54) is 44.1 Å². The molecule has 4 nitrogen and oxygen atoms in total. The number of likely N-dealkylation sites (tertiary alicyclic amines) is 1. The van der Waals surface area contributed by atoms with Crippen molar-refractivity contribution < 1.29 is 4.79 Å². The molecule has 0 atom stereocenters. The molecule has 1 aliphatic heterocycles. The first-order chi connectivity index (χ1) is 12.1. The van der Waals surface area contributed by atoms with Crippen LogP contribution in [0.15, 0.2) is 30.3 Å². The Morgan fingerprint density at radius 3 is 2.20 bits per heavy atom. The van der Waals surface area contributed by atoms with Crippen molar-refractivity contribution in [2.45, 2.75) is 56.5 Å². The summed E-state index contributed by atoms with van der Waals surface area (Å²) < 4.78 is 0. The smallest absolute Gasteiger partial charge is 0.236 e. The molecule has 0 radical (unpaired) electrons. The van der Waals surface area contributed by atoms with Gasteiger partial charge in [0.2, 0.25) is 5.91 Å². The molecule has 1 aromatic carbocycles. The van der Waals surface area contributed by atoms with Crippen LogP contribution in [0.4, 0.5) is 0 Å². The lowest BCUT2D eigenvalue weighted by Crippen LogP contribution is -2.48. The fourth-order valence-corrected chi connectivity index (χ4v) is 4.24. The zero-order chi connectivity index (χ0) is 17.6. The summed E-state index contributed by atoms with van der Waals surface area (Å²) >= 11 is 0. The largest absolute Gasteiger partial charge is 0.348 e. The number of piperidine rings is 1. The molecule has 1 amide bonds. The van der Waals surface area contributed by atoms with Gasteiger partial charge in [-0.25, -0.2) is 0 Å². The highest BCUT2D eigenvalue weighted by molar-refractivity contribution is 5.77. The molecule has 1 heterocycles. The van der Waals surface area contributed by atoms with Crippen molar-refractivity contribution in [3.05, 3.63) is 35.9 Å². The van der Waals surface area contributed by atoms with Crippen molar-refractivity contribution >= 4 is 5.91 Å². The summed E-state index contributed by atoms with van der Waals surface area (Å²) in [6, 6.07) is 12.3. The van der Waals surface area contributed by atoms with Crippen molar-refractivity contribution in [1.82, 2.24) is 15.1 Å². The first-order valence-corrected chi connectivity index (χ1v) is 9.85. The zero-order valence-corrected chi connectivity index (χ0v) is 15.8. The van der Waals surface area contributed by atoms with E-state index in [2.05, 4.69) is 40.5 Å². The average Bonchev–Trinajstić information content (AvgIpc) is 2.64. The molecular formula is C21H33N3O. The van der Waals surface area contributed by atoms with Crippen molar-refractivity contribution in [3.8, 4) is 0 Å². The third-order valence-electron chi connectivity index (χ3n) is 5.91. The van der Waals surface area contributed by atoms with Gasteiger partial charge in [0.25, 0.3) is 0 Å². The van der Waals surface area contributed by atoms with Crippen LogP contribution in [0.25, 0.3) is 0 Å². The molecule has 0 unspecified atom stereocenters. The van der Waals surface area contributed by atoms with E-state index in [4.69, 9.17) is 0 Å². The summed E-state index contributed by atoms with van der Waals surface area (Å²) in [6.45, 7) is 2.65. The van der Waals surface area contributed by atoms with Crippen molar-refractivity contribution in [2.75, 3.05) is 33.7 Å². The van der Waals surface area contributed by atoms with Gasteiger partial charge in [-0.1, -0.05) is 30.3 Å². The van der Waals surface area contributed by atoms with E-state index in [0.29, 0.717) is 18.6 Å². The topological polar surface area (TPSA) is 35.6 Å². The number of nitrogens with one attached hydrogen (secondary N) is 1. The number of hydrogen-bond acceptors (Lipinski definition) is 3. The lowest BCUT2D eigenvalue weighted by atomic mass is 9.81. The molecule has 1 saturated heterocycles. The van der Waals surface area contributed by atoms with Gasteiger partial charge in [0.1, 0.15) is 0 Å². The van der Waals surface area contributed by atoms with Crippen LogP contribution in [0.5, 0.6) is 0 Å². The molecule has 0 aromatic heterocycles. The minimum absolute atomic E-state index is 0.214. The van der Waals surface area contributed by atoms with E-state index in [1.54, 1.807) is 4.90 Å². The summed E-state index contributed by atoms with van der Waals surface area (Å²) in [5.41, 5.74) is 1.51. The van der Waals surface area contributed by atoms with Gasteiger partial charge in [0.15, 0.2) is 0 Å². The monoisotopic (exact) mass is 343 g/mol. The number of amides is 1. The highest BCUT2D eigenvalue weighted by Gasteiger charge is 2.26. The van der Waals surface area contributed by atoms with Gasteiger partial charge in [0.05, 0.1) is 6.54 Å². The Labute approximate surface area is 152 Å². The quantitative estimate of drug-likeness (QED) is 0.893. The first-order valence-electron chi connectivity index (χ1n) is 9.85. The Hall–Kier alpha value is -1.39. The maximum atomic E-state index is 11.8. The van der Waals surface area contributed by atoms with Gasteiger partial charge in [-0.05, 0) is 50.0 Å². The van der Waals surface area contributed by atoms with Crippen LogP contribution in [-0.2, 0) is 4.79 Å². The maximum absolute atomic E-state index is 11.8. The van der Waals surface area contributed by atoms with Gasteiger partial charge in [-0.3, -0.25) is 9.69 Å². The van der Waals surface area contributed by atoms with E-state index in [9.17, 15) is 4.79 Å². The van der Waals surface area contributed by atoms with E-state index in [1.807, 2.05) is 14.1 Å². The van der Waals surface area contributed by atoms with Crippen LogP contribution in [0.1, 0.15) is 50.0 Å². The lowest BCUT2D eigenvalue weighted by molar-refractivity contribution is -0.130. The van der Waals surface area contributed by atoms with Gasteiger partial charge in [0, 0.05) is 39.3 Å². The molecule has 2 aliphatic rings. The molecule has 2 fully saturated rings. The fourth-order valence-electron chi connectivity index (χ4n) is 4.24. The molecule has 25 heavy (non-hydrogen) atoms. The van der Waals surface area contributed by atoms with Gasteiger partial charge in [-0.15, -0.1) is 0 Å². The number of hydrogen-bond donors (Lipinski definition) is 1. The number of carbonyl (C=O) groups excluding carboxylic acids is 1. The number of carbonyl (C=O) groups is 1. The molecule has 4 heteroatoms. The zero-order valence-electron chi connectivity index (χ0n) is 15.8.